The molecule has 0 spiro atoms. The Morgan fingerprint density at radius 3 is 2.68 bits per heavy atom. The lowest BCUT2D eigenvalue weighted by molar-refractivity contribution is -0.133. The second-order valence-corrected chi connectivity index (χ2v) is 8.13. The lowest BCUT2D eigenvalue weighted by Crippen LogP contribution is -2.43. The van der Waals surface area contributed by atoms with Crippen LogP contribution in [0.5, 0.6) is 11.5 Å². The molecule has 0 aliphatic carbocycles. The second-order valence-electron chi connectivity index (χ2n) is 7.18. The van der Waals surface area contributed by atoms with Crippen LogP contribution in [0.2, 0.25) is 0 Å². The Morgan fingerprint density at radius 1 is 1.26 bits per heavy atom. The standard InChI is InChI=1S/C22H28N4O4S/c1-5-10-23-22(28)25(2)14-21(27)26-17(13-16(24-26)20-7-6-11-31-20)15-8-9-18(29-3)19(12-15)30-4/h6-9,11-12,17H,5,10,13-14H2,1-4H3,(H,23,28)/t17-/m0/s1. The van der Waals surface area contributed by atoms with Crippen LogP contribution in [0, 0.1) is 0 Å². The smallest absolute Gasteiger partial charge is 0.317 e. The number of carbonyl (C=O) groups excluding carboxylic acids is 2. The normalized spacial score (nSPS) is 15.4. The number of amides is 3. The van der Waals surface area contributed by atoms with Crippen LogP contribution in [0.25, 0.3) is 0 Å². The molecule has 2 aromatic rings. The number of urea groups is 1. The monoisotopic (exact) mass is 444 g/mol. The zero-order chi connectivity index (χ0) is 22.4. The maximum absolute atomic E-state index is 13.2. The summed E-state index contributed by atoms with van der Waals surface area (Å²) in [5, 5.41) is 10.9. The van der Waals surface area contributed by atoms with Crippen molar-refractivity contribution in [2.45, 2.75) is 25.8 Å². The number of nitrogens with one attached hydrogen (secondary N) is 1. The van der Waals surface area contributed by atoms with Gasteiger partial charge in [-0.15, -0.1) is 11.3 Å². The zero-order valence-corrected chi connectivity index (χ0v) is 19.1. The van der Waals surface area contributed by atoms with Gasteiger partial charge in [0.15, 0.2) is 11.5 Å². The molecule has 3 amide bonds. The van der Waals surface area contributed by atoms with Crippen molar-refractivity contribution in [2.24, 2.45) is 5.10 Å². The van der Waals surface area contributed by atoms with E-state index < -0.39 is 0 Å². The third-order valence-corrected chi connectivity index (χ3v) is 5.93. The maximum Gasteiger partial charge on any atom is 0.317 e. The number of ether oxygens (including phenoxy) is 2. The van der Waals surface area contributed by atoms with E-state index in [1.807, 2.05) is 42.6 Å². The minimum absolute atomic E-state index is 0.0689. The number of benzene rings is 1. The Labute approximate surface area is 186 Å². The molecule has 1 aromatic carbocycles. The molecule has 9 heteroatoms. The molecule has 0 fully saturated rings. The highest BCUT2D eigenvalue weighted by molar-refractivity contribution is 7.12. The van der Waals surface area contributed by atoms with Crippen molar-refractivity contribution in [3.63, 3.8) is 0 Å². The molecule has 1 aliphatic rings. The summed E-state index contributed by atoms with van der Waals surface area (Å²) >= 11 is 1.58. The summed E-state index contributed by atoms with van der Waals surface area (Å²) < 4.78 is 10.8. The highest BCUT2D eigenvalue weighted by atomic mass is 32.1. The zero-order valence-electron chi connectivity index (χ0n) is 18.3. The van der Waals surface area contributed by atoms with Crippen LogP contribution in [0.4, 0.5) is 4.79 Å². The average Bonchev–Trinajstić information content (AvgIpc) is 3.46. The predicted molar refractivity (Wildman–Crippen MR) is 121 cm³/mol. The summed E-state index contributed by atoms with van der Waals surface area (Å²) in [5.41, 5.74) is 1.74. The van der Waals surface area contributed by atoms with Gasteiger partial charge in [0.25, 0.3) is 5.91 Å². The molecule has 0 saturated carbocycles. The molecule has 3 rings (SSSR count). The number of likely N-dealkylation sites (N-methyl/N-ethyl adjacent to an activating group) is 1. The number of carbonyl (C=O) groups is 2. The molecule has 2 heterocycles. The Kier molecular flexibility index (Phi) is 7.51. The van der Waals surface area contributed by atoms with Gasteiger partial charge >= 0.3 is 6.03 Å². The highest BCUT2D eigenvalue weighted by Crippen LogP contribution is 2.37. The third kappa shape index (κ3) is 5.16. The molecule has 0 unspecified atom stereocenters. The van der Waals surface area contributed by atoms with Crippen molar-refractivity contribution in [3.8, 4) is 11.5 Å². The van der Waals surface area contributed by atoms with Crippen molar-refractivity contribution >= 4 is 29.0 Å². The van der Waals surface area contributed by atoms with Gasteiger partial charge in [0.2, 0.25) is 0 Å². The van der Waals surface area contributed by atoms with E-state index in [1.165, 1.54) is 9.91 Å². The molecule has 1 N–H and O–H groups in total. The molecule has 0 saturated heterocycles. The van der Waals surface area contributed by atoms with Gasteiger partial charge in [0.1, 0.15) is 6.54 Å². The SMILES string of the molecule is CCCNC(=O)N(C)CC(=O)N1N=C(c2cccs2)C[C@H]1c1ccc(OC)c(OC)c1. The molecule has 166 valence electrons. The molecular weight excluding hydrogens is 416 g/mol. The molecule has 1 aromatic heterocycles. The van der Waals surface area contributed by atoms with Gasteiger partial charge in [-0.3, -0.25) is 4.79 Å². The first-order valence-electron chi connectivity index (χ1n) is 10.1. The molecule has 1 aliphatic heterocycles. The Balaban J connectivity index is 1.86. The Bertz CT molecular complexity index is 945. The third-order valence-electron chi connectivity index (χ3n) is 5.01. The van der Waals surface area contributed by atoms with Crippen molar-refractivity contribution in [3.05, 3.63) is 46.2 Å². The largest absolute Gasteiger partial charge is 0.493 e. The first-order valence-corrected chi connectivity index (χ1v) is 11.0. The van der Waals surface area contributed by atoms with Gasteiger partial charge in [-0.25, -0.2) is 9.80 Å². The predicted octanol–water partition coefficient (Wildman–Crippen LogP) is 3.49. The maximum atomic E-state index is 13.2. The van der Waals surface area contributed by atoms with E-state index in [9.17, 15) is 9.59 Å². The lowest BCUT2D eigenvalue weighted by Gasteiger charge is -2.25. The van der Waals surface area contributed by atoms with Crippen molar-refractivity contribution in [2.75, 3.05) is 34.4 Å². The van der Waals surface area contributed by atoms with Crippen LogP contribution in [-0.2, 0) is 4.79 Å². The highest BCUT2D eigenvalue weighted by Gasteiger charge is 2.34. The van der Waals surface area contributed by atoms with E-state index in [2.05, 4.69) is 10.4 Å². The number of hydrazone groups is 1. The van der Waals surface area contributed by atoms with Gasteiger partial charge in [0, 0.05) is 20.0 Å². The van der Waals surface area contributed by atoms with Crippen LogP contribution >= 0.6 is 11.3 Å². The Hall–Kier alpha value is -3.07. The van der Waals surface area contributed by atoms with Crippen molar-refractivity contribution < 1.29 is 19.1 Å². The fraction of sp³-hybridized carbons (Fsp3) is 0.409. The fourth-order valence-electron chi connectivity index (χ4n) is 3.37. The van der Waals surface area contributed by atoms with Crippen molar-refractivity contribution in [1.82, 2.24) is 15.2 Å². The van der Waals surface area contributed by atoms with Gasteiger partial charge < -0.3 is 19.7 Å². The van der Waals surface area contributed by atoms with E-state index >= 15 is 0 Å². The fourth-order valence-corrected chi connectivity index (χ4v) is 4.09. The molecule has 31 heavy (non-hydrogen) atoms. The second kappa shape index (κ2) is 10.3. The van der Waals surface area contributed by atoms with Gasteiger partial charge in [-0.1, -0.05) is 19.1 Å². The topological polar surface area (TPSA) is 83.5 Å². The average molecular weight is 445 g/mol. The summed E-state index contributed by atoms with van der Waals surface area (Å²) in [7, 11) is 4.77. The summed E-state index contributed by atoms with van der Waals surface area (Å²) in [6, 6.07) is 8.99. The minimum atomic E-state index is -0.295. The van der Waals surface area contributed by atoms with E-state index in [0.717, 1.165) is 22.6 Å². The summed E-state index contributed by atoms with van der Waals surface area (Å²) in [5.74, 6) is 0.961. The molecule has 1 atom stereocenters. The van der Waals surface area contributed by atoms with E-state index in [4.69, 9.17) is 9.47 Å². The van der Waals surface area contributed by atoms with Gasteiger partial charge in [0.05, 0.1) is 30.9 Å². The quantitative estimate of drug-likeness (QED) is 0.676. The summed E-state index contributed by atoms with van der Waals surface area (Å²) in [6.45, 7) is 2.47. The number of rotatable bonds is 8. The van der Waals surface area contributed by atoms with Crippen molar-refractivity contribution in [1.29, 1.82) is 0 Å². The lowest BCUT2D eigenvalue weighted by atomic mass is 10.0. The van der Waals surface area contributed by atoms with Crippen LogP contribution in [-0.4, -0.2) is 61.9 Å². The first-order chi connectivity index (χ1) is 15.0. The van der Waals surface area contributed by atoms with Gasteiger partial charge in [-0.05, 0) is 35.6 Å². The first kappa shape index (κ1) is 22.6. The number of methoxy groups -OCH3 is 2. The van der Waals surface area contributed by atoms with Crippen LogP contribution in [0.3, 0.4) is 0 Å². The number of nitrogens with zero attached hydrogens (tertiary/aromatic N) is 3. The van der Waals surface area contributed by atoms with E-state index in [1.54, 1.807) is 32.6 Å². The number of hydrogen-bond acceptors (Lipinski definition) is 6. The van der Waals surface area contributed by atoms with E-state index in [0.29, 0.717) is 24.5 Å². The van der Waals surface area contributed by atoms with Crippen LogP contribution in [0.15, 0.2) is 40.8 Å². The molecule has 8 nitrogen and oxygen atoms in total. The number of hydrogen-bond donors (Lipinski definition) is 1. The molecule has 0 bridgehead atoms. The number of thiophene rings is 1. The summed E-state index contributed by atoms with van der Waals surface area (Å²) in [6.07, 6.45) is 1.41. The molecule has 0 radical (unpaired) electrons. The van der Waals surface area contributed by atoms with E-state index in [-0.39, 0.29) is 24.5 Å². The van der Waals surface area contributed by atoms with Crippen LogP contribution < -0.4 is 14.8 Å². The summed E-state index contributed by atoms with van der Waals surface area (Å²) in [4.78, 5) is 27.7. The minimum Gasteiger partial charge on any atom is -0.493 e. The van der Waals surface area contributed by atoms with Crippen LogP contribution in [0.1, 0.15) is 36.2 Å². The molecular formula is C22H28N4O4S. The van der Waals surface area contributed by atoms with Gasteiger partial charge in [-0.2, -0.15) is 5.10 Å². The Morgan fingerprint density at radius 2 is 2.03 bits per heavy atom.